The van der Waals surface area contributed by atoms with E-state index in [0.29, 0.717) is 6.54 Å². The molecule has 1 heterocycles. The lowest BCUT2D eigenvalue weighted by Crippen LogP contribution is -2.41. The molecule has 0 aliphatic carbocycles. The van der Waals surface area contributed by atoms with Crippen molar-refractivity contribution >= 4 is 41.7 Å². The van der Waals surface area contributed by atoms with Crippen LogP contribution in [0.3, 0.4) is 0 Å². The molecule has 200 valence electrons. The minimum absolute atomic E-state index is 0.00349. The van der Waals surface area contributed by atoms with Gasteiger partial charge in [-0.2, -0.15) is 0 Å². The first-order chi connectivity index (χ1) is 18.0. The molecule has 3 N–H and O–H groups in total. The zero-order valence-corrected chi connectivity index (χ0v) is 23.2. The lowest BCUT2D eigenvalue weighted by Gasteiger charge is -2.25. The molecular formula is C29H41N5O2S. The molecule has 2 atom stereocenters. The van der Waals surface area contributed by atoms with E-state index in [1.165, 1.54) is 11.8 Å². The van der Waals surface area contributed by atoms with E-state index in [4.69, 9.17) is 0 Å². The van der Waals surface area contributed by atoms with Gasteiger partial charge in [-0.25, -0.2) is 0 Å². The van der Waals surface area contributed by atoms with Crippen LogP contribution in [0.5, 0.6) is 0 Å². The molecule has 0 radical (unpaired) electrons. The van der Waals surface area contributed by atoms with Gasteiger partial charge in [-0.3, -0.25) is 14.6 Å². The quantitative estimate of drug-likeness (QED) is 0.173. The van der Waals surface area contributed by atoms with Gasteiger partial charge in [0.25, 0.3) is 5.91 Å². The minimum atomic E-state index is -0.353. The second-order valence-corrected chi connectivity index (χ2v) is 9.56. The number of amides is 2. The SMILES string of the molecule is C=C/C=C\C(=C/C)C1CNCC1NC(=O)CS/C=C(\N=C)C(=O)Nc1ccccc1N(CC)CCCC. The van der Waals surface area contributed by atoms with Crippen molar-refractivity contribution in [2.45, 2.75) is 39.7 Å². The number of benzene rings is 1. The van der Waals surface area contributed by atoms with Gasteiger partial charge in [-0.05, 0) is 44.7 Å². The Morgan fingerprint density at radius 1 is 1.27 bits per heavy atom. The van der Waals surface area contributed by atoms with Crippen molar-refractivity contribution in [3.63, 3.8) is 0 Å². The molecule has 0 bridgehead atoms. The number of carbonyl (C=O) groups is 2. The molecule has 2 amide bonds. The number of rotatable bonds is 15. The summed E-state index contributed by atoms with van der Waals surface area (Å²) in [6, 6.07) is 7.77. The first-order valence-electron chi connectivity index (χ1n) is 12.9. The lowest BCUT2D eigenvalue weighted by atomic mass is 9.93. The molecule has 0 aromatic heterocycles. The second-order valence-electron chi connectivity index (χ2n) is 8.70. The average molecular weight is 524 g/mol. The van der Waals surface area contributed by atoms with Crippen molar-refractivity contribution in [3.05, 3.63) is 71.8 Å². The highest BCUT2D eigenvalue weighted by molar-refractivity contribution is 8.02. The fraction of sp³-hybridized carbons (Fsp3) is 0.414. The van der Waals surface area contributed by atoms with Crippen LogP contribution in [0, 0.1) is 5.92 Å². The highest BCUT2D eigenvalue weighted by atomic mass is 32.2. The molecule has 1 aliphatic rings. The van der Waals surface area contributed by atoms with Crippen LogP contribution >= 0.6 is 11.8 Å². The smallest absolute Gasteiger partial charge is 0.274 e. The number of allylic oxidation sites excluding steroid dienone is 4. The number of hydrogen-bond donors (Lipinski definition) is 3. The van der Waals surface area contributed by atoms with Gasteiger partial charge in [-0.1, -0.05) is 56.4 Å². The van der Waals surface area contributed by atoms with Crippen molar-refractivity contribution < 1.29 is 9.59 Å². The third kappa shape index (κ3) is 9.37. The van der Waals surface area contributed by atoms with Crippen molar-refractivity contribution in [3.8, 4) is 0 Å². The van der Waals surface area contributed by atoms with Gasteiger partial charge in [0.15, 0.2) is 0 Å². The number of aliphatic imine (C=N–C) groups is 1. The van der Waals surface area contributed by atoms with E-state index in [2.05, 4.69) is 59.1 Å². The molecule has 0 spiro atoms. The number of nitrogens with zero attached hydrogens (tertiary/aromatic N) is 2. The molecule has 37 heavy (non-hydrogen) atoms. The average Bonchev–Trinajstić information content (AvgIpc) is 3.36. The number of unbranched alkanes of at least 4 members (excludes halogenated alkanes) is 1. The van der Waals surface area contributed by atoms with E-state index in [0.717, 1.165) is 49.4 Å². The van der Waals surface area contributed by atoms with Crippen LogP contribution in [-0.4, -0.2) is 56.5 Å². The van der Waals surface area contributed by atoms with Gasteiger partial charge >= 0.3 is 0 Å². The number of nitrogens with one attached hydrogen (secondary N) is 3. The summed E-state index contributed by atoms with van der Waals surface area (Å²) < 4.78 is 0. The number of thioether (sulfide) groups is 1. The molecule has 1 aromatic rings. The van der Waals surface area contributed by atoms with E-state index >= 15 is 0 Å². The number of hydrogen-bond acceptors (Lipinski definition) is 6. The Bertz CT molecular complexity index is 1020. The molecule has 1 fully saturated rings. The molecule has 2 rings (SSSR count). The van der Waals surface area contributed by atoms with Crippen LogP contribution < -0.4 is 20.9 Å². The van der Waals surface area contributed by atoms with E-state index in [-0.39, 0.29) is 35.2 Å². The highest BCUT2D eigenvalue weighted by Crippen LogP contribution is 2.27. The standard InChI is InChI=1S/C29H41N5O2S/c1-6-10-14-22(8-3)23-18-31-19-25(23)32-28(35)21-37-20-26(30-5)29(36)33-24-15-12-13-16-27(24)34(9-4)17-11-7-2/h6,8,10,12-16,20,23,25,31H,1,5,7,9,11,17-19,21H2,2-4H3,(H,32,35)(H,33,36)/b14-10-,22-8+,26-20-. The van der Waals surface area contributed by atoms with Gasteiger partial charge in [0.1, 0.15) is 5.70 Å². The maximum absolute atomic E-state index is 12.9. The van der Waals surface area contributed by atoms with Crippen molar-refractivity contribution in [1.82, 2.24) is 10.6 Å². The largest absolute Gasteiger partial charge is 0.370 e. The zero-order chi connectivity index (χ0) is 27.0. The summed E-state index contributed by atoms with van der Waals surface area (Å²) in [4.78, 5) is 31.7. The summed E-state index contributed by atoms with van der Waals surface area (Å²) in [6.07, 6.45) is 9.93. The third-order valence-corrected chi connectivity index (χ3v) is 7.03. The summed E-state index contributed by atoms with van der Waals surface area (Å²) in [5.74, 6) is -0.0668. The summed E-state index contributed by atoms with van der Waals surface area (Å²) in [5.41, 5.74) is 3.04. The Kier molecular flexibility index (Phi) is 13.5. The van der Waals surface area contributed by atoms with E-state index in [1.54, 1.807) is 11.5 Å². The van der Waals surface area contributed by atoms with Gasteiger partial charge < -0.3 is 20.9 Å². The monoisotopic (exact) mass is 523 g/mol. The first-order valence-corrected chi connectivity index (χ1v) is 13.9. The van der Waals surface area contributed by atoms with Crippen molar-refractivity contribution in [2.24, 2.45) is 10.9 Å². The number of carbonyl (C=O) groups excluding carboxylic acids is 2. The number of para-hydroxylation sites is 2. The molecular weight excluding hydrogens is 482 g/mol. The molecule has 2 unspecified atom stereocenters. The fourth-order valence-corrected chi connectivity index (χ4v) is 4.90. The summed E-state index contributed by atoms with van der Waals surface area (Å²) in [5, 5.41) is 11.0. The zero-order valence-electron chi connectivity index (χ0n) is 22.3. The minimum Gasteiger partial charge on any atom is -0.370 e. The van der Waals surface area contributed by atoms with Gasteiger partial charge in [0, 0.05) is 43.5 Å². The Morgan fingerprint density at radius 2 is 2.05 bits per heavy atom. The number of anilines is 2. The Labute approximate surface area is 226 Å². The maximum atomic E-state index is 12.9. The van der Waals surface area contributed by atoms with Crippen molar-refractivity contribution in [1.29, 1.82) is 0 Å². The van der Waals surface area contributed by atoms with Crippen molar-refractivity contribution in [2.75, 3.05) is 42.1 Å². The van der Waals surface area contributed by atoms with E-state index in [1.807, 2.05) is 43.3 Å². The van der Waals surface area contributed by atoms with Crippen LogP contribution in [0.15, 0.2) is 76.8 Å². The maximum Gasteiger partial charge on any atom is 0.274 e. The Balaban J connectivity index is 1.98. The normalized spacial score (nSPS) is 18.0. The van der Waals surface area contributed by atoms with Crippen LogP contribution in [0.25, 0.3) is 0 Å². The lowest BCUT2D eigenvalue weighted by molar-refractivity contribution is -0.119. The first kappa shape index (κ1) is 30.1. The molecule has 1 saturated heterocycles. The summed E-state index contributed by atoms with van der Waals surface area (Å²) >= 11 is 1.23. The second kappa shape index (κ2) is 16.6. The molecule has 1 aliphatic heterocycles. The van der Waals surface area contributed by atoms with E-state index in [9.17, 15) is 9.59 Å². The topological polar surface area (TPSA) is 85.8 Å². The van der Waals surface area contributed by atoms with Gasteiger partial charge in [0.2, 0.25) is 5.91 Å². The Morgan fingerprint density at radius 3 is 2.73 bits per heavy atom. The molecule has 0 saturated carbocycles. The predicted molar refractivity (Wildman–Crippen MR) is 159 cm³/mol. The molecule has 8 heteroatoms. The van der Waals surface area contributed by atoms with E-state index < -0.39 is 0 Å². The van der Waals surface area contributed by atoms with Crippen LogP contribution in [0.2, 0.25) is 0 Å². The summed E-state index contributed by atoms with van der Waals surface area (Å²) in [7, 11) is 0. The molecule has 1 aromatic carbocycles. The van der Waals surface area contributed by atoms with Crippen LogP contribution in [0.4, 0.5) is 11.4 Å². The molecule has 7 nitrogen and oxygen atoms in total. The fourth-order valence-electron chi connectivity index (χ4n) is 4.24. The highest BCUT2D eigenvalue weighted by Gasteiger charge is 2.29. The summed E-state index contributed by atoms with van der Waals surface area (Å²) in [6.45, 7) is 16.8. The van der Waals surface area contributed by atoms with Crippen LogP contribution in [-0.2, 0) is 9.59 Å². The van der Waals surface area contributed by atoms with Crippen LogP contribution in [0.1, 0.15) is 33.6 Å². The van der Waals surface area contributed by atoms with Gasteiger partial charge in [0.05, 0.1) is 17.1 Å². The Hall–Kier alpha value is -3.10. The third-order valence-electron chi connectivity index (χ3n) is 6.22. The predicted octanol–water partition coefficient (Wildman–Crippen LogP) is 4.92. The van der Waals surface area contributed by atoms with Gasteiger partial charge in [-0.15, -0.1) is 11.8 Å².